The van der Waals surface area contributed by atoms with Gasteiger partial charge in [0.05, 0.1) is 5.69 Å². The molecule has 6 heteroatoms. The van der Waals surface area contributed by atoms with E-state index in [1.807, 2.05) is 36.4 Å². The monoisotopic (exact) mass is 368 g/mol. The van der Waals surface area contributed by atoms with E-state index in [-0.39, 0.29) is 0 Å². The quantitative estimate of drug-likeness (QED) is 0.597. The van der Waals surface area contributed by atoms with Crippen molar-refractivity contribution >= 4 is 11.6 Å². The van der Waals surface area contributed by atoms with E-state index >= 15 is 0 Å². The largest absolute Gasteiger partial charge is 0.383 e. The van der Waals surface area contributed by atoms with Crippen LogP contribution in [0.4, 0.5) is 11.6 Å². The van der Waals surface area contributed by atoms with Gasteiger partial charge in [-0.3, -0.25) is 0 Å². The predicted octanol–water partition coefficient (Wildman–Crippen LogP) is 3.76. The third-order valence-corrected chi connectivity index (χ3v) is 5.01. The van der Waals surface area contributed by atoms with Crippen LogP contribution in [-0.2, 0) is 6.54 Å². The number of fused-ring (bicyclic) bond motifs is 1. The average Bonchev–Trinajstić information content (AvgIpc) is 3.15. The Morgan fingerprint density at radius 1 is 0.821 bits per heavy atom. The number of hydrogen-bond acceptors (Lipinski definition) is 5. The van der Waals surface area contributed by atoms with Gasteiger partial charge in [-0.2, -0.15) is 4.68 Å². The van der Waals surface area contributed by atoms with Crippen LogP contribution >= 0.6 is 0 Å². The van der Waals surface area contributed by atoms with Gasteiger partial charge in [0, 0.05) is 25.3 Å². The minimum absolute atomic E-state index is 0.746. The third-order valence-electron chi connectivity index (χ3n) is 5.01. The highest BCUT2D eigenvalue weighted by Crippen LogP contribution is 2.29. The molecule has 2 heterocycles. The first kappa shape index (κ1) is 16.5. The number of rotatable bonds is 3. The SMILES string of the molecule is c1ccc(-c2ccc3c(c2)CN(c2nnnn2-c2ccccc2)CCN3)cc1. The molecule has 6 nitrogen and oxygen atoms in total. The minimum atomic E-state index is 0.746. The Balaban J connectivity index is 1.50. The molecule has 5 rings (SSSR count). The zero-order chi connectivity index (χ0) is 18.8. The molecule has 0 saturated carbocycles. The van der Waals surface area contributed by atoms with Gasteiger partial charge in [0.25, 0.3) is 5.95 Å². The molecule has 1 aromatic heterocycles. The van der Waals surface area contributed by atoms with Gasteiger partial charge in [0.2, 0.25) is 0 Å². The van der Waals surface area contributed by atoms with Gasteiger partial charge in [0.15, 0.2) is 0 Å². The van der Waals surface area contributed by atoms with E-state index in [1.165, 1.54) is 22.4 Å². The number of tetrazole rings is 1. The zero-order valence-electron chi connectivity index (χ0n) is 15.4. The molecule has 1 aliphatic heterocycles. The number of nitrogens with zero attached hydrogens (tertiary/aromatic N) is 5. The van der Waals surface area contributed by atoms with E-state index in [9.17, 15) is 0 Å². The standard InChI is InChI=1S/C22H20N6/c1-3-7-17(8-4-1)18-11-12-21-19(15-18)16-27(14-13-23-21)22-24-25-26-28(22)20-9-5-2-6-10-20/h1-12,15,23H,13-14,16H2. The maximum atomic E-state index is 4.31. The highest BCUT2D eigenvalue weighted by Gasteiger charge is 2.20. The molecule has 0 unspecified atom stereocenters. The molecule has 0 fully saturated rings. The molecule has 3 aromatic carbocycles. The van der Waals surface area contributed by atoms with Gasteiger partial charge < -0.3 is 10.2 Å². The van der Waals surface area contributed by atoms with Crippen LogP contribution in [0.5, 0.6) is 0 Å². The van der Waals surface area contributed by atoms with Crippen LogP contribution in [0.1, 0.15) is 5.56 Å². The second-order valence-corrected chi connectivity index (χ2v) is 6.81. The Hall–Kier alpha value is -3.67. The van der Waals surface area contributed by atoms with Crippen molar-refractivity contribution in [2.75, 3.05) is 23.3 Å². The van der Waals surface area contributed by atoms with Gasteiger partial charge >= 0.3 is 0 Å². The molecule has 4 aromatic rings. The van der Waals surface area contributed by atoms with Gasteiger partial charge in [-0.25, -0.2) is 0 Å². The van der Waals surface area contributed by atoms with Gasteiger partial charge in [-0.05, 0) is 51.4 Å². The molecular weight excluding hydrogens is 348 g/mol. The third kappa shape index (κ3) is 3.09. The molecule has 1 N–H and O–H groups in total. The fourth-order valence-electron chi connectivity index (χ4n) is 3.60. The van der Waals surface area contributed by atoms with Crippen LogP contribution in [0.25, 0.3) is 16.8 Å². The molecule has 0 spiro atoms. The lowest BCUT2D eigenvalue weighted by atomic mass is 10.0. The number of anilines is 2. The van der Waals surface area contributed by atoms with E-state index in [4.69, 9.17) is 0 Å². The van der Waals surface area contributed by atoms with Crippen molar-refractivity contribution in [3.8, 4) is 16.8 Å². The lowest BCUT2D eigenvalue weighted by Gasteiger charge is -2.21. The molecule has 1 aliphatic rings. The maximum absolute atomic E-state index is 4.31. The summed E-state index contributed by atoms with van der Waals surface area (Å²) in [5.41, 5.74) is 5.79. The summed E-state index contributed by atoms with van der Waals surface area (Å²) in [7, 11) is 0. The molecule has 0 aliphatic carbocycles. The van der Waals surface area contributed by atoms with Crippen molar-refractivity contribution < 1.29 is 0 Å². The van der Waals surface area contributed by atoms with Crippen molar-refractivity contribution in [2.24, 2.45) is 0 Å². The highest BCUT2D eigenvalue weighted by atomic mass is 15.6. The number of aromatic nitrogens is 4. The fourth-order valence-corrected chi connectivity index (χ4v) is 3.60. The molecule has 0 atom stereocenters. The van der Waals surface area contributed by atoms with Gasteiger partial charge in [-0.15, -0.1) is 0 Å². The van der Waals surface area contributed by atoms with E-state index in [0.29, 0.717) is 0 Å². The van der Waals surface area contributed by atoms with E-state index in [0.717, 1.165) is 31.3 Å². The normalized spacial score (nSPS) is 13.5. The van der Waals surface area contributed by atoms with Crippen LogP contribution in [0.2, 0.25) is 0 Å². The summed E-state index contributed by atoms with van der Waals surface area (Å²) in [6, 6.07) is 27.1. The van der Waals surface area contributed by atoms with Gasteiger partial charge in [-0.1, -0.05) is 59.7 Å². The fraction of sp³-hybridized carbons (Fsp3) is 0.136. The molecule has 0 bridgehead atoms. The number of hydrogen-bond donors (Lipinski definition) is 1. The van der Waals surface area contributed by atoms with Crippen molar-refractivity contribution in [1.29, 1.82) is 0 Å². The maximum Gasteiger partial charge on any atom is 0.250 e. The first-order chi connectivity index (χ1) is 13.9. The van der Waals surface area contributed by atoms with Crippen molar-refractivity contribution in [2.45, 2.75) is 6.54 Å². The first-order valence-corrected chi connectivity index (χ1v) is 9.39. The predicted molar refractivity (Wildman–Crippen MR) is 111 cm³/mol. The Morgan fingerprint density at radius 3 is 2.43 bits per heavy atom. The van der Waals surface area contributed by atoms with Crippen molar-refractivity contribution in [1.82, 2.24) is 20.2 Å². The number of nitrogens with one attached hydrogen (secondary N) is 1. The minimum Gasteiger partial charge on any atom is -0.383 e. The van der Waals surface area contributed by atoms with Crippen LogP contribution in [0.15, 0.2) is 78.9 Å². The summed E-state index contributed by atoms with van der Waals surface area (Å²) in [6.45, 7) is 2.40. The van der Waals surface area contributed by atoms with E-state index in [1.54, 1.807) is 4.68 Å². The lowest BCUT2D eigenvalue weighted by molar-refractivity contribution is 0.745. The average molecular weight is 368 g/mol. The Labute approximate surface area is 163 Å². The first-order valence-electron chi connectivity index (χ1n) is 9.39. The van der Waals surface area contributed by atoms with Crippen LogP contribution in [0.3, 0.4) is 0 Å². The summed E-state index contributed by atoms with van der Waals surface area (Å²) in [6.07, 6.45) is 0. The van der Waals surface area contributed by atoms with E-state index in [2.05, 4.69) is 68.2 Å². The van der Waals surface area contributed by atoms with Crippen LogP contribution < -0.4 is 10.2 Å². The van der Waals surface area contributed by atoms with E-state index < -0.39 is 0 Å². The molecule has 138 valence electrons. The summed E-state index contributed by atoms with van der Waals surface area (Å²) in [4.78, 5) is 2.22. The van der Waals surface area contributed by atoms with Crippen LogP contribution in [0, 0.1) is 0 Å². The van der Waals surface area contributed by atoms with Crippen molar-refractivity contribution in [3.63, 3.8) is 0 Å². The smallest absolute Gasteiger partial charge is 0.250 e. The summed E-state index contributed by atoms with van der Waals surface area (Å²) in [5.74, 6) is 0.756. The molecule has 0 amide bonds. The molecule has 0 saturated heterocycles. The second-order valence-electron chi connectivity index (χ2n) is 6.81. The number of para-hydroxylation sites is 1. The molecule has 28 heavy (non-hydrogen) atoms. The highest BCUT2D eigenvalue weighted by molar-refractivity contribution is 5.69. The Kier molecular flexibility index (Phi) is 4.21. The number of benzene rings is 3. The topological polar surface area (TPSA) is 58.9 Å². The Morgan fingerprint density at radius 2 is 1.61 bits per heavy atom. The second kappa shape index (κ2) is 7.15. The van der Waals surface area contributed by atoms with Crippen LogP contribution in [-0.4, -0.2) is 33.3 Å². The van der Waals surface area contributed by atoms with Crippen molar-refractivity contribution in [3.05, 3.63) is 84.4 Å². The van der Waals surface area contributed by atoms with Gasteiger partial charge in [0.1, 0.15) is 0 Å². The zero-order valence-corrected chi connectivity index (χ0v) is 15.4. The molecular formula is C22H20N6. The lowest BCUT2D eigenvalue weighted by Crippen LogP contribution is -2.28. The Bertz CT molecular complexity index is 1070. The molecule has 0 radical (unpaired) electrons. The summed E-state index contributed by atoms with van der Waals surface area (Å²) < 4.78 is 1.80. The summed E-state index contributed by atoms with van der Waals surface area (Å²) >= 11 is 0. The summed E-state index contributed by atoms with van der Waals surface area (Å²) in [5, 5.41) is 16.0.